The number of benzene rings is 2. The van der Waals surface area contributed by atoms with E-state index >= 15 is 0 Å². The van der Waals surface area contributed by atoms with Crippen LogP contribution in [0.4, 0.5) is 10.1 Å². The van der Waals surface area contributed by atoms with Crippen LogP contribution in [-0.2, 0) is 4.79 Å². The van der Waals surface area contributed by atoms with Crippen LogP contribution in [0.3, 0.4) is 0 Å². The van der Waals surface area contributed by atoms with Gasteiger partial charge in [-0.1, -0.05) is 12.1 Å². The number of nitrogens with one attached hydrogen (secondary N) is 2. The molecule has 24 heavy (non-hydrogen) atoms. The Balaban J connectivity index is 2.11. The first kappa shape index (κ1) is 17.5. The lowest BCUT2D eigenvalue weighted by atomic mass is 10.1. The smallest absolute Gasteiger partial charge is 0.251 e. The number of anilines is 1. The summed E-state index contributed by atoms with van der Waals surface area (Å²) in [6, 6.07) is 10.8. The minimum absolute atomic E-state index is 0.153. The summed E-state index contributed by atoms with van der Waals surface area (Å²) in [5, 5.41) is 5.42. The van der Waals surface area contributed by atoms with Crippen molar-refractivity contribution in [2.45, 2.75) is 19.9 Å². The van der Waals surface area contributed by atoms with Crippen LogP contribution >= 0.6 is 0 Å². The van der Waals surface area contributed by atoms with Gasteiger partial charge in [0.25, 0.3) is 5.91 Å². The fourth-order valence-corrected chi connectivity index (χ4v) is 2.26. The van der Waals surface area contributed by atoms with Gasteiger partial charge in [-0.25, -0.2) is 4.39 Å². The molecule has 0 aromatic heterocycles. The van der Waals surface area contributed by atoms with Crippen LogP contribution in [0, 0.1) is 5.82 Å². The predicted octanol–water partition coefficient (Wildman–Crippen LogP) is 3.28. The third kappa shape index (κ3) is 4.32. The number of carbonyl (C=O) groups excluding carboxylic acids is 2. The highest BCUT2D eigenvalue weighted by molar-refractivity contribution is 5.97. The van der Waals surface area contributed by atoms with Gasteiger partial charge in [-0.05, 0) is 42.8 Å². The summed E-state index contributed by atoms with van der Waals surface area (Å²) in [5.41, 5.74) is 1.57. The molecule has 126 valence electrons. The first-order valence-electron chi connectivity index (χ1n) is 7.42. The first-order valence-corrected chi connectivity index (χ1v) is 7.42. The molecule has 0 aliphatic heterocycles. The molecule has 0 saturated heterocycles. The highest BCUT2D eigenvalue weighted by Gasteiger charge is 2.14. The maximum Gasteiger partial charge on any atom is 0.251 e. The number of hydrogen-bond donors (Lipinski definition) is 2. The Kier molecular flexibility index (Phi) is 5.52. The van der Waals surface area contributed by atoms with Gasteiger partial charge in [0.15, 0.2) is 11.6 Å². The van der Waals surface area contributed by atoms with Gasteiger partial charge >= 0.3 is 0 Å². The molecular formula is C18H19FN2O3. The summed E-state index contributed by atoms with van der Waals surface area (Å²) in [5.74, 6) is -0.857. The molecule has 1 atom stereocenters. The molecule has 2 rings (SSSR count). The number of ether oxygens (including phenoxy) is 1. The fourth-order valence-electron chi connectivity index (χ4n) is 2.26. The summed E-state index contributed by atoms with van der Waals surface area (Å²) in [6.07, 6.45) is 0. The van der Waals surface area contributed by atoms with Crippen molar-refractivity contribution in [3.05, 3.63) is 59.4 Å². The molecule has 0 fully saturated rings. The summed E-state index contributed by atoms with van der Waals surface area (Å²) in [7, 11) is 1.39. The number of carbonyl (C=O) groups is 2. The monoisotopic (exact) mass is 330 g/mol. The van der Waals surface area contributed by atoms with E-state index < -0.39 is 5.82 Å². The van der Waals surface area contributed by atoms with Crippen molar-refractivity contribution in [1.82, 2.24) is 5.32 Å². The second-order valence-corrected chi connectivity index (χ2v) is 5.35. The molecule has 1 unspecified atom stereocenters. The average molecular weight is 330 g/mol. The lowest BCUT2D eigenvalue weighted by Gasteiger charge is -2.15. The molecule has 0 saturated carbocycles. The van der Waals surface area contributed by atoms with E-state index in [1.165, 1.54) is 26.2 Å². The van der Waals surface area contributed by atoms with Gasteiger partial charge in [0.2, 0.25) is 5.91 Å². The molecule has 0 aliphatic carbocycles. The number of rotatable bonds is 5. The van der Waals surface area contributed by atoms with Gasteiger partial charge in [-0.15, -0.1) is 0 Å². The Bertz CT molecular complexity index is 762. The Hall–Kier alpha value is -2.89. The normalized spacial score (nSPS) is 11.5. The van der Waals surface area contributed by atoms with Crippen molar-refractivity contribution in [3.8, 4) is 5.75 Å². The van der Waals surface area contributed by atoms with Crippen molar-refractivity contribution in [2.75, 3.05) is 12.4 Å². The molecule has 2 amide bonds. The largest absolute Gasteiger partial charge is 0.494 e. The van der Waals surface area contributed by atoms with Crippen LogP contribution < -0.4 is 15.4 Å². The Labute approximate surface area is 139 Å². The summed E-state index contributed by atoms with van der Waals surface area (Å²) >= 11 is 0. The predicted molar refractivity (Wildman–Crippen MR) is 89.6 cm³/mol. The number of amides is 2. The van der Waals surface area contributed by atoms with Gasteiger partial charge < -0.3 is 15.4 Å². The van der Waals surface area contributed by atoms with E-state index in [1.54, 1.807) is 37.3 Å². The Morgan fingerprint density at radius 2 is 1.92 bits per heavy atom. The first-order chi connectivity index (χ1) is 11.4. The molecule has 0 heterocycles. The zero-order valence-corrected chi connectivity index (χ0v) is 13.7. The molecule has 0 radical (unpaired) electrons. The van der Waals surface area contributed by atoms with Crippen LogP contribution in [0.25, 0.3) is 0 Å². The minimum Gasteiger partial charge on any atom is -0.494 e. The SMILES string of the molecule is COc1ccc(C(C)NC(=O)c2cccc(NC(C)=O)c2)cc1F. The average Bonchev–Trinajstić information content (AvgIpc) is 2.54. The third-order valence-corrected chi connectivity index (χ3v) is 3.47. The van der Waals surface area contributed by atoms with E-state index in [0.29, 0.717) is 16.8 Å². The standard InChI is InChI=1S/C18H19FN2O3/c1-11(13-7-8-17(24-3)16(19)10-13)20-18(23)14-5-4-6-15(9-14)21-12(2)22/h4-11H,1-3H3,(H,20,23)(H,21,22). The highest BCUT2D eigenvalue weighted by Crippen LogP contribution is 2.22. The van der Waals surface area contributed by atoms with Crippen molar-refractivity contribution >= 4 is 17.5 Å². The molecule has 2 N–H and O–H groups in total. The maximum absolute atomic E-state index is 13.8. The number of halogens is 1. The van der Waals surface area contributed by atoms with Gasteiger partial charge in [0, 0.05) is 18.2 Å². The number of hydrogen-bond acceptors (Lipinski definition) is 3. The van der Waals surface area contributed by atoms with Crippen molar-refractivity contribution in [3.63, 3.8) is 0 Å². The summed E-state index contributed by atoms with van der Waals surface area (Å²) < 4.78 is 18.6. The van der Waals surface area contributed by atoms with Crippen LogP contribution in [0.1, 0.15) is 35.8 Å². The molecule has 0 aliphatic rings. The quantitative estimate of drug-likeness (QED) is 0.884. The zero-order chi connectivity index (χ0) is 17.7. The highest BCUT2D eigenvalue weighted by atomic mass is 19.1. The zero-order valence-electron chi connectivity index (χ0n) is 13.7. The molecule has 2 aromatic carbocycles. The van der Waals surface area contributed by atoms with Crippen molar-refractivity contribution < 1.29 is 18.7 Å². The Morgan fingerprint density at radius 1 is 1.17 bits per heavy atom. The van der Waals surface area contributed by atoms with Gasteiger partial charge in [-0.2, -0.15) is 0 Å². The van der Waals surface area contributed by atoms with Gasteiger partial charge in [0.1, 0.15) is 0 Å². The van der Waals surface area contributed by atoms with Crippen LogP contribution in [0.2, 0.25) is 0 Å². The third-order valence-electron chi connectivity index (χ3n) is 3.47. The van der Waals surface area contributed by atoms with Crippen LogP contribution in [0.15, 0.2) is 42.5 Å². The summed E-state index contributed by atoms with van der Waals surface area (Å²) in [4.78, 5) is 23.4. The van der Waals surface area contributed by atoms with Crippen molar-refractivity contribution in [2.24, 2.45) is 0 Å². The summed E-state index contributed by atoms with van der Waals surface area (Å²) in [6.45, 7) is 3.16. The Morgan fingerprint density at radius 3 is 2.54 bits per heavy atom. The topological polar surface area (TPSA) is 67.4 Å². The molecular weight excluding hydrogens is 311 g/mol. The molecule has 0 spiro atoms. The van der Waals surface area contributed by atoms with E-state index in [9.17, 15) is 14.0 Å². The van der Waals surface area contributed by atoms with Crippen molar-refractivity contribution in [1.29, 1.82) is 0 Å². The lowest BCUT2D eigenvalue weighted by molar-refractivity contribution is -0.114. The van der Waals surface area contributed by atoms with E-state index in [1.807, 2.05) is 0 Å². The van der Waals surface area contributed by atoms with Gasteiger partial charge in [-0.3, -0.25) is 9.59 Å². The fraction of sp³-hybridized carbons (Fsp3) is 0.222. The van der Waals surface area contributed by atoms with E-state index in [2.05, 4.69) is 10.6 Å². The maximum atomic E-state index is 13.8. The van der Waals surface area contributed by atoms with E-state index in [0.717, 1.165) is 0 Å². The van der Waals surface area contributed by atoms with Crippen LogP contribution in [0.5, 0.6) is 5.75 Å². The molecule has 2 aromatic rings. The van der Waals surface area contributed by atoms with E-state index in [-0.39, 0.29) is 23.6 Å². The van der Waals surface area contributed by atoms with E-state index in [4.69, 9.17) is 4.74 Å². The van der Waals surface area contributed by atoms with Crippen LogP contribution in [-0.4, -0.2) is 18.9 Å². The molecule has 5 nitrogen and oxygen atoms in total. The second kappa shape index (κ2) is 7.59. The molecule has 0 bridgehead atoms. The lowest BCUT2D eigenvalue weighted by Crippen LogP contribution is -2.26. The van der Waals surface area contributed by atoms with Gasteiger partial charge in [0.05, 0.1) is 13.2 Å². The number of methoxy groups -OCH3 is 1. The second-order valence-electron chi connectivity index (χ2n) is 5.35. The minimum atomic E-state index is -0.483. The molecule has 6 heteroatoms.